The molecule has 0 spiro atoms. The first-order chi connectivity index (χ1) is 38.8. The maximum atomic E-state index is 12.9. The summed E-state index contributed by atoms with van der Waals surface area (Å²) in [4.78, 5) is 4.70. The summed E-state index contributed by atoms with van der Waals surface area (Å²) in [6, 6.07) is 81.3. The van der Waals surface area contributed by atoms with Gasteiger partial charge in [-0.2, -0.15) is 0 Å². The second-order valence-electron chi connectivity index (χ2n) is 23.6. The molecule has 80 heavy (non-hydrogen) atoms. The van der Waals surface area contributed by atoms with Gasteiger partial charge in [0.15, 0.2) is 5.58 Å². The predicted octanol–water partition coefficient (Wildman–Crippen LogP) is 21.8. The van der Waals surface area contributed by atoms with Crippen molar-refractivity contribution in [3.8, 4) is 39.1 Å². The number of furan rings is 1. The van der Waals surface area contributed by atoms with Crippen LogP contribution in [0.2, 0.25) is 0 Å². The summed E-state index contributed by atoms with van der Waals surface area (Å²) in [6.45, 7) is 18.0. The third-order valence-corrected chi connectivity index (χ3v) is 16.6. The Morgan fingerprint density at radius 2 is 0.812 bits per heavy atom. The Kier molecular flexibility index (Phi) is 12.4. The molecule has 1 aromatic heterocycles. The van der Waals surface area contributed by atoms with Gasteiger partial charge in [-0.1, -0.05) is 225 Å². The molecule has 0 atom stereocenters. The van der Waals surface area contributed by atoms with Gasteiger partial charge in [-0.15, -0.1) is 0 Å². The molecule has 1 N–H and O–H groups in total. The zero-order valence-corrected chi connectivity index (χ0v) is 47.0. The van der Waals surface area contributed by atoms with Gasteiger partial charge in [-0.3, -0.25) is 0 Å². The van der Waals surface area contributed by atoms with Crippen molar-refractivity contribution in [1.29, 1.82) is 0 Å². The molecule has 0 saturated carbocycles. The highest BCUT2D eigenvalue weighted by atomic mass is 16.3. The lowest BCUT2D eigenvalue weighted by Crippen LogP contribution is -2.15. The van der Waals surface area contributed by atoms with Crippen molar-refractivity contribution < 1.29 is 9.52 Å². The van der Waals surface area contributed by atoms with E-state index in [1.54, 1.807) is 0 Å². The Morgan fingerprint density at radius 1 is 0.362 bits per heavy atom. The molecule has 13 rings (SSSR count). The molecule has 392 valence electrons. The van der Waals surface area contributed by atoms with Gasteiger partial charge in [0.2, 0.25) is 0 Å². The second-order valence-corrected chi connectivity index (χ2v) is 23.6. The summed E-state index contributed by atoms with van der Waals surface area (Å²) < 4.78 is 7.28. The maximum absolute atomic E-state index is 12.9. The molecule has 4 nitrogen and oxygen atoms in total. The molecule has 1 heterocycles. The Labute approximate surface area is 470 Å². The Morgan fingerprint density at radius 3 is 1.41 bits per heavy atom. The van der Waals surface area contributed by atoms with E-state index in [9.17, 15) is 5.11 Å². The van der Waals surface area contributed by atoms with Crippen molar-refractivity contribution in [1.82, 2.24) is 0 Å². The van der Waals surface area contributed by atoms with Gasteiger partial charge in [0.05, 0.1) is 22.7 Å². The van der Waals surface area contributed by atoms with E-state index in [0.717, 1.165) is 107 Å². The lowest BCUT2D eigenvalue weighted by atomic mass is 9.86. The van der Waals surface area contributed by atoms with E-state index in [0.29, 0.717) is 5.69 Å². The molecule has 12 aromatic carbocycles. The maximum Gasteiger partial charge on any atom is 0.159 e. The fourth-order valence-corrected chi connectivity index (χ4v) is 12.4. The third kappa shape index (κ3) is 8.53. The van der Waals surface area contributed by atoms with Crippen LogP contribution in [0, 0.1) is 0 Å². The number of phenols is 1. The number of fused-ring (bicyclic) bond motifs is 3. The van der Waals surface area contributed by atoms with E-state index in [-0.39, 0.29) is 16.6 Å². The average Bonchev–Trinajstić information content (AvgIpc) is 3.95. The molecular weight excluding hydrogens is 973 g/mol. The number of anilines is 6. The van der Waals surface area contributed by atoms with E-state index in [1.807, 2.05) is 6.07 Å². The smallest absolute Gasteiger partial charge is 0.159 e. The quantitative estimate of drug-likeness (QED) is 0.131. The first-order valence-corrected chi connectivity index (χ1v) is 28.3. The van der Waals surface area contributed by atoms with E-state index in [4.69, 9.17) is 4.42 Å². The largest absolute Gasteiger partial charge is 0.505 e. The molecule has 0 amide bonds. The topological polar surface area (TPSA) is 39.9 Å². The van der Waals surface area contributed by atoms with Crippen LogP contribution in [0.4, 0.5) is 34.1 Å². The number of hydrogen-bond acceptors (Lipinski definition) is 4. The number of hydrogen-bond donors (Lipinski definition) is 1. The van der Waals surface area contributed by atoms with Crippen molar-refractivity contribution in [2.24, 2.45) is 0 Å². The highest BCUT2D eigenvalue weighted by molar-refractivity contribution is 6.28. The van der Waals surface area contributed by atoms with E-state index < -0.39 is 0 Å². The van der Waals surface area contributed by atoms with Gasteiger partial charge < -0.3 is 19.3 Å². The highest BCUT2D eigenvalue weighted by Crippen LogP contribution is 2.52. The summed E-state index contributed by atoms with van der Waals surface area (Å²) in [5.41, 5.74) is 18.6. The minimum atomic E-state index is -0.117. The normalized spacial score (nSPS) is 12.2. The monoisotopic (exact) mass is 1040 g/mol. The van der Waals surface area contributed by atoms with Gasteiger partial charge in [0.1, 0.15) is 11.3 Å². The molecule has 13 aromatic rings. The number of para-hydroxylation sites is 3. The van der Waals surface area contributed by atoms with Crippen LogP contribution in [0.15, 0.2) is 229 Å². The summed E-state index contributed by atoms with van der Waals surface area (Å²) in [6.07, 6.45) is 1.86. The lowest BCUT2D eigenvalue weighted by Gasteiger charge is -2.31. The molecule has 0 fully saturated rings. The van der Waals surface area contributed by atoms with Crippen LogP contribution in [-0.2, 0) is 23.7 Å². The second kappa shape index (κ2) is 19.7. The predicted molar refractivity (Wildman–Crippen MR) is 341 cm³/mol. The molecular formula is C76H66N2O2. The molecule has 0 radical (unpaired) electrons. The lowest BCUT2D eigenvalue weighted by molar-refractivity contribution is 0.478. The van der Waals surface area contributed by atoms with Crippen molar-refractivity contribution in [2.75, 3.05) is 9.80 Å². The first kappa shape index (κ1) is 50.4. The first-order valence-electron chi connectivity index (χ1n) is 28.3. The number of nitrogens with zero attached hydrogens (tertiary/aromatic N) is 2. The number of rotatable bonds is 11. The van der Waals surface area contributed by atoms with Crippen LogP contribution in [0.5, 0.6) is 5.75 Å². The van der Waals surface area contributed by atoms with Crippen molar-refractivity contribution in [2.45, 2.75) is 79.1 Å². The number of aryl methyl sites for hydroxylation is 2. The molecule has 0 aliphatic rings. The van der Waals surface area contributed by atoms with Crippen LogP contribution in [0.1, 0.15) is 77.6 Å². The molecule has 0 bridgehead atoms. The van der Waals surface area contributed by atoms with E-state index >= 15 is 0 Å². The Bertz CT molecular complexity index is 4510. The van der Waals surface area contributed by atoms with Crippen LogP contribution in [-0.4, -0.2) is 5.11 Å². The Hall–Kier alpha value is -9.12. The zero-order chi connectivity index (χ0) is 55.0. The summed E-state index contributed by atoms with van der Waals surface area (Å²) in [5, 5.41) is 21.9. The van der Waals surface area contributed by atoms with Gasteiger partial charge in [-0.25, -0.2) is 0 Å². The van der Waals surface area contributed by atoms with Crippen molar-refractivity contribution in [3.63, 3.8) is 0 Å². The van der Waals surface area contributed by atoms with E-state index in [2.05, 4.69) is 284 Å². The summed E-state index contributed by atoms with van der Waals surface area (Å²) in [5.74, 6) is 0.220. The van der Waals surface area contributed by atoms with Gasteiger partial charge >= 0.3 is 0 Å². The summed E-state index contributed by atoms with van der Waals surface area (Å²) >= 11 is 0. The molecule has 0 saturated heterocycles. The van der Waals surface area contributed by atoms with E-state index in [1.165, 1.54) is 44.2 Å². The SMILES string of the molecule is CCc1ccccc1-c1cccc(-c2cccc(N(c3cccc(C(C)(C)C)c3)c3ccc4ccc5c(N(c6cccc(C(C)(C)C)c6)c6cccc7c6oc6c(-c8ccccc8CC)cccc67)ccc6ccc3c4c65)c2O)c1. The minimum Gasteiger partial charge on any atom is -0.505 e. The van der Waals surface area contributed by atoms with Crippen molar-refractivity contribution in [3.05, 3.63) is 247 Å². The Balaban J connectivity index is 1.04. The molecule has 0 aliphatic carbocycles. The number of phenolic OH excluding ortho intramolecular Hbond substituents is 1. The van der Waals surface area contributed by atoms with Crippen LogP contribution >= 0.6 is 0 Å². The minimum absolute atomic E-state index is 0.0924. The zero-order valence-electron chi connectivity index (χ0n) is 47.0. The fourth-order valence-electron chi connectivity index (χ4n) is 12.4. The fraction of sp³-hybridized carbons (Fsp3) is 0.158. The number of aromatic hydroxyl groups is 1. The molecule has 0 aliphatic heterocycles. The van der Waals surface area contributed by atoms with Gasteiger partial charge in [0, 0.05) is 44.0 Å². The van der Waals surface area contributed by atoms with Crippen LogP contribution < -0.4 is 9.80 Å². The number of benzene rings is 12. The summed E-state index contributed by atoms with van der Waals surface area (Å²) in [7, 11) is 0. The third-order valence-electron chi connectivity index (χ3n) is 16.6. The van der Waals surface area contributed by atoms with Crippen LogP contribution in [0.3, 0.4) is 0 Å². The van der Waals surface area contributed by atoms with Gasteiger partial charge in [0.25, 0.3) is 0 Å². The molecule has 4 heteroatoms. The van der Waals surface area contributed by atoms with Gasteiger partial charge in [-0.05, 0) is 144 Å². The molecule has 0 unspecified atom stereocenters. The average molecular weight is 1040 g/mol. The van der Waals surface area contributed by atoms with Crippen LogP contribution in [0.25, 0.3) is 87.6 Å². The standard InChI is InChI=1S/C76H66N2O2/c1-9-48-21-11-13-29-58(48)52-23-15-24-53(45-52)60-31-19-35-68(72(60)79)77(56-27-16-25-54(46-56)75(3,4)5)66-43-39-50-38-42-65-67(44-40-51-37-41-64(66)70(50)71(51)65)78(57-28-17-26-55(47-57)76(6,7)8)69-36-20-34-63-62-33-18-32-61(73(62)80-74(63)69)59-30-14-12-22-49(59)10-2/h11-47,79H,9-10H2,1-8H3. The highest BCUT2D eigenvalue weighted by Gasteiger charge is 2.28. The van der Waals surface area contributed by atoms with Crippen molar-refractivity contribution >= 4 is 88.4 Å².